The molecule has 62 valence electrons. The van der Waals surface area contributed by atoms with Crippen molar-refractivity contribution in [3.05, 3.63) is 12.2 Å². The molecule has 3 unspecified atom stereocenters. The van der Waals surface area contributed by atoms with Gasteiger partial charge in [-0.3, -0.25) is 0 Å². The molecule has 0 radical (unpaired) electrons. The van der Waals surface area contributed by atoms with Crippen LogP contribution in [0.2, 0.25) is 0 Å². The molecule has 0 aliphatic heterocycles. The van der Waals surface area contributed by atoms with Crippen molar-refractivity contribution in [3.8, 4) is 0 Å². The van der Waals surface area contributed by atoms with Gasteiger partial charge in [0.2, 0.25) is 0 Å². The van der Waals surface area contributed by atoms with Gasteiger partial charge in [-0.2, -0.15) is 0 Å². The van der Waals surface area contributed by atoms with E-state index in [9.17, 15) is 5.11 Å². The Labute approximate surface area is 68.1 Å². The van der Waals surface area contributed by atoms with Crippen LogP contribution in [0.1, 0.15) is 26.7 Å². The zero-order valence-electron chi connectivity index (χ0n) is 7.25. The molecule has 1 saturated carbocycles. The van der Waals surface area contributed by atoms with E-state index in [0.29, 0.717) is 17.8 Å². The summed E-state index contributed by atoms with van der Waals surface area (Å²) in [5.74, 6) is 1.53. The minimum Gasteiger partial charge on any atom is -0.389 e. The highest BCUT2D eigenvalue weighted by Gasteiger charge is 2.48. The predicted octanol–water partition coefficient (Wildman–Crippen LogP) is 1.97. The first-order valence-corrected chi connectivity index (χ1v) is 4.53. The molecule has 1 nitrogen and oxygen atoms in total. The first-order valence-electron chi connectivity index (χ1n) is 4.53. The molecule has 0 heterocycles. The summed E-state index contributed by atoms with van der Waals surface area (Å²) in [5.41, 5.74) is -0.376. The fourth-order valence-corrected chi connectivity index (χ4v) is 2.53. The Kier molecular flexibility index (Phi) is 1.40. The van der Waals surface area contributed by atoms with Gasteiger partial charge < -0.3 is 5.11 Å². The van der Waals surface area contributed by atoms with Crippen LogP contribution in [0, 0.1) is 17.8 Å². The fraction of sp³-hybridized carbons (Fsp3) is 0.800. The van der Waals surface area contributed by atoms with Crippen LogP contribution in [0.15, 0.2) is 12.2 Å². The molecule has 2 aliphatic carbocycles. The lowest BCUT2D eigenvalue weighted by molar-refractivity contribution is -0.0283. The molecule has 1 heteroatoms. The van der Waals surface area contributed by atoms with Crippen LogP contribution in [0.3, 0.4) is 0 Å². The Bertz CT molecular complexity index is 195. The second kappa shape index (κ2) is 2.10. The summed E-state index contributed by atoms with van der Waals surface area (Å²) in [4.78, 5) is 0. The minimum atomic E-state index is -0.376. The maximum Gasteiger partial charge on any atom is 0.0738 e. The second-order valence-electron chi connectivity index (χ2n) is 4.34. The highest BCUT2D eigenvalue weighted by atomic mass is 16.3. The third-order valence-electron chi connectivity index (χ3n) is 3.40. The molecule has 0 saturated heterocycles. The van der Waals surface area contributed by atoms with Crippen molar-refractivity contribution in [1.29, 1.82) is 0 Å². The van der Waals surface area contributed by atoms with Crippen LogP contribution in [0.5, 0.6) is 0 Å². The van der Waals surface area contributed by atoms with Gasteiger partial charge in [-0.05, 0) is 24.7 Å². The van der Waals surface area contributed by atoms with E-state index in [-0.39, 0.29) is 5.60 Å². The Morgan fingerprint density at radius 2 is 2.18 bits per heavy atom. The van der Waals surface area contributed by atoms with E-state index in [2.05, 4.69) is 26.0 Å². The lowest BCUT2D eigenvalue weighted by atomic mass is 9.79. The van der Waals surface area contributed by atoms with Gasteiger partial charge in [-0.25, -0.2) is 0 Å². The predicted molar refractivity (Wildman–Crippen MR) is 45.1 cm³/mol. The van der Waals surface area contributed by atoms with Gasteiger partial charge in [0.1, 0.15) is 0 Å². The molecule has 3 atom stereocenters. The molecular formula is C10H16O. The van der Waals surface area contributed by atoms with Crippen LogP contribution < -0.4 is 0 Å². The first-order chi connectivity index (χ1) is 5.13. The van der Waals surface area contributed by atoms with Crippen LogP contribution in [0.4, 0.5) is 0 Å². The van der Waals surface area contributed by atoms with Gasteiger partial charge in [0.15, 0.2) is 0 Å². The molecule has 0 aromatic rings. The number of hydrogen-bond donors (Lipinski definition) is 1. The summed E-state index contributed by atoms with van der Waals surface area (Å²) < 4.78 is 0. The summed E-state index contributed by atoms with van der Waals surface area (Å²) in [6, 6.07) is 0. The van der Waals surface area contributed by atoms with E-state index >= 15 is 0 Å². The zero-order valence-corrected chi connectivity index (χ0v) is 7.25. The standard InChI is InChI=1S/C10H16O/c1-7(2)10(11)6-8-3-4-9(10)5-8/h3-4,7-9,11H,5-6H2,1-2H3. The zero-order chi connectivity index (χ0) is 8.06. The van der Waals surface area contributed by atoms with E-state index in [1.165, 1.54) is 6.42 Å². The molecule has 2 aliphatic rings. The minimum absolute atomic E-state index is 0.376. The molecule has 2 bridgehead atoms. The summed E-state index contributed by atoms with van der Waals surface area (Å²) in [6.45, 7) is 4.24. The quantitative estimate of drug-likeness (QED) is 0.569. The number of aliphatic hydroxyl groups is 1. The third-order valence-corrected chi connectivity index (χ3v) is 3.40. The molecule has 0 aromatic carbocycles. The van der Waals surface area contributed by atoms with Crippen LogP contribution in [0.25, 0.3) is 0 Å². The van der Waals surface area contributed by atoms with Crippen molar-refractivity contribution in [3.63, 3.8) is 0 Å². The summed E-state index contributed by atoms with van der Waals surface area (Å²) in [7, 11) is 0. The number of hydrogen-bond acceptors (Lipinski definition) is 1. The van der Waals surface area contributed by atoms with Crippen molar-refractivity contribution in [2.75, 3.05) is 0 Å². The van der Waals surface area contributed by atoms with Crippen molar-refractivity contribution >= 4 is 0 Å². The monoisotopic (exact) mass is 152 g/mol. The summed E-state index contributed by atoms with van der Waals surface area (Å²) in [5, 5.41) is 10.2. The van der Waals surface area contributed by atoms with Crippen LogP contribution in [-0.2, 0) is 0 Å². The molecule has 1 fully saturated rings. The van der Waals surface area contributed by atoms with E-state index in [1.807, 2.05) is 0 Å². The van der Waals surface area contributed by atoms with Gasteiger partial charge in [0.05, 0.1) is 5.60 Å². The van der Waals surface area contributed by atoms with E-state index in [1.54, 1.807) is 0 Å². The Morgan fingerprint density at radius 1 is 1.45 bits per heavy atom. The first kappa shape index (κ1) is 7.35. The van der Waals surface area contributed by atoms with Crippen LogP contribution in [-0.4, -0.2) is 10.7 Å². The van der Waals surface area contributed by atoms with Gasteiger partial charge in [-0.15, -0.1) is 0 Å². The smallest absolute Gasteiger partial charge is 0.0738 e. The molecule has 0 amide bonds. The largest absolute Gasteiger partial charge is 0.389 e. The lowest BCUT2D eigenvalue weighted by Crippen LogP contribution is -2.38. The number of fused-ring (bicyclic) bond motifs is 2. The molecule has 2 rings (SSSR count). The second-order valence-corrected chi connectivity index (χ2v) is 4.34. The third kappa shape index (κ3) is 0.871. The lowest BCUT2D eigenvalue weighted by Gasteiger charge is -2.33. The van der Waals surface area contributed by atoms with Crippen molar-refractivity contribution in [1.82, 2.24) is 0 Å². The molecular weight excluding hydrogens is 136 g/mol. The van der Waals surface area contributed by atoms with Gasteiger partial charge >= 0.3 is 0 Å². The van der Waals surface area contributed by atoms with E-state index in [0.717, 1.165) is 6.42 Å². The molecule has 11 heavy (non-hydrogen) atoms. The van der Waals surface area contributed by atoms with Gasteiger partial charge in [-0.1, -0.05) is 26.0 Å². The highest BCUT2D eigenvalue weighted by molar-refractivity contribution is 5.17. The molecule has 0 aromatic heterocycles. The van der Waals surface area contributed by atoms with E-state index < -0.39 is 0 Å². The maximum atomic E-state index is 10.2. The number of rotatable bonds is 1. The van der Waals surface area contributed by atoms with Crippen LogP contribution >= 0.6 is 0 Å². The Morgan fingerprint density at radius 3 is 2.45 bits per heavy atom. The summed E-state index contributed by atoms with van der Waals surface area (Å²) in [6.07, 6.45) is 6.65. The van der Waals surface area contributed by atoms with Gasteiger partial charge in [0.25, 0.3) is 0 Å². The van der Waals surface area contributed by atoms with Crippen molar-refractivity contribution < 1.29 is 5.11 Å². The molecule has 1 N–H and O–H groups in total. The topological polar surface area (TPSA) is 20.2 Å². The van der Waals surface area contributed by atoms with Crippen molar-refractivity contribution in [2.24, 2.45) is 17.8 Å². The Hall–Kier alpha value is -0.300. The molecule has 0 spiro atoms. The maximum absolute atomic E-state index is 10.2. The van der Waals surface area contributed by atoms with Gasteiger partial charge in [0, 0.05) is 5.92 Å². The Balaban J connectivity index is 2.24. The SMILES string of the molecule is CC(C)C1(O)CC2C=CC1C2. The average molecular weight is 152 g/mol. The average Bonchev–Trinajstić information content (AvgIpc) is 2.45. The van der Waals surface area contributed by atoms with E-state index in [4.69, 9.17) is 0 Å². The normalized spacial score (nSPS) is 47.6. The number of allylic oxidation sites excluding steroid dienone is 1. The van der Waals surface area contributed by atoms with Crippen molar-refractivity contribution in [2.45, 2.75) is 32.3 Å². The highest BCUT2D eigenvalue weighted by Crippen LogP contribution is 2.49. The summed E-state index contributed by atoms with van der Waals surface area (Å²) >= 11 is 0. The fourth-order valence-electron chi connectivity index (χ4n) is 2.53.